The first kappa shape index (κ1) is 15.6. The van der Waals surface area contributed by atoms with E-state index in [1.54, 1.807) is 38.3 Å². The molecule has 1 N–H and O–H groups in total. The van der Waals surface area contributed by atoms with Crippen LogP contribution in [-0.4, -0.2) is 12.2 Å². The zero-order chi connectivity index (χ0) is 15.4. The maximum atomic E-state index is 13.0. The second-order valence-electron chi connectivity index (χ2n) is 4.60. The highest BCUT2D eigenvalue weighted by Crippen LogP contribution is 2.30. The van der Waals surface area contributed by atoms with Gasteiger partial charge >= 0.3 is 0 Å². The van der Waals surface area contributed by atoms with E-state index in [9.17, 15) is 9.50 Å². The molecule has 2 aromatic carbocycles. The fraction of sp³-hybridized carbons (Fsp3) is 0.250. The number of ether oxygens (including phenoxy) is 2. The van der Waals surface area contributed by atoms with E-state index < -0.39 is 11.9 Å². The van der Waals surface area contributed by atoms with Crippen molar-refractivity contribution < 1.29 is 19.0 Å². The summed E-state index contributed by atoms with van der Waals surface area (Å²) in [4.78, 5) is 0. The van der Waals surface area contributed by atoms with Crippen molar-refractivity contribution in [3.8, 4) is 11.5 Å². The van der Waals surface area contributed by atoms with Gasteiger partial charge in [-0.25, -0.2) is 4.39 Å². The van der Waals surface area contributed by atoms with Crippen molar-refractivity contribution in [3.05, 3.63) is 58.4 Å². The normalized spacial score (nSPS) is 12.0. The summed E-state index contributed by atoms with van der Waals surface area (Å²) in [6.45, 7) is 1.82. The molecule has 0 fully saturated rings. The molecule has 0 aliphatic heterocycles. The van der Waals surface area contributed by atoms with E-state index in [-0.39, 0.29) is 6.61 Å². The molecule has 112 valence electrons. The first-order valence-corrected chi connectivity index (χ1v) is 6.81. The quantitative estimate of drug-likeness (QED) is 0.903. The van der Waals surface area contributed by atoms with Gasteiger partial charge in [0, 0.05) is 17.2 Å². The Morgan fingerprint density at radius 1 is 1.24 bits per heavy atom. The van der Waals surface area contributed by atoms with Gasteiger partial charge in [0.2, 0.25) is 0 Å². The minimum absolute atomic E-state index is 0.173. The van der Waals surface area contributed by atoms with E-state index in [4.69, 9.17) is 21.1 Å². The summed E-state index contributed by atoms with van der Waals surface area (Å²) in [6.07, 6.45) is -0.672. The molecule has 1 atom stereocenters. The number of aliphatic hydroxyl groups is 1. The van der Waals surface area contributed by atoms with Gasteiger partial charge in [0.25, 0.3) is 0 Å². The largest absolute Gasteiger partial charge is 0.497 e. The molecule has 0 saturated carbocycles. The Hall–Kier alpha value is -1.78. The van der Waals surface area contributed by atoms with Gasteiger partial charge in [0.1, 0.15) is 23.9 Å². The lowest BCUT2D eigenvalue weighted by Gasteiger charge is -2.15. The lowest BCUT2D eigenvalue weighted by molar-refractivity contribution is 0.190. The van der Waals surface area contributed by atoms with Crippen LogP contribution in [0.25, 0.3) is 0 Å². The summed E-state index contributed by atoms with van der Waals surface area (Å²) in [5.74, 6) is 0.735. The predicted molar refractivity (Wildman–Crippen MR) is 79.4 cm³/mol. The molecule has 0 aromatic heterocycles. The minimum atomic E-state index is -0.672. The molecule has 21 heavy (non-hydrogen) atoms. The lowest BCUT2D eigenvalue weighted by Crippen LogP contribution is -2.02. The van der Waals surface area contributed by atoms with Gasteiger partial charge in [0.15, 0.2) is 0 Å². The number of halogens is 2. The molecule has 0 saturated heterocycles. The third kappa shape index (κ3) is 3.86. The molecule has 0 bridgehead atoms. The highest BCUT2D eigenvalue weighted by molar-refractivity contribution is 6.31. The average Bonchev–Trinajstić information content (AvgIpc) is 2.45. The van der Waals surface area contributed by atoms with Gasteiger partial charge in [-0.05, 0) is 31.2 Å². The topological polar surface area (TPSA) is 38.7 Å². The minimum Gasteiger partial charge on any atom is -0.497 e. The molecule has 0 heterocycles. The van der Waals surface area contributed by atoms with E-state index >= 15 is 0 Å². The van der Waals surface area contributed by atoms with Crippen molar-refractivity contribution in [3.63, 3.8) is 0 Å². The smallest absolute Gasteiger partial charge is 0.129 e. The van der Waals surface area contributed by atoms with Crippen molar-refractivity contribution in [2.24, 2.45) is 0 Å². The van der Waals surface area contributed by atoms with Crippen LogP contribution in [0.1, 0.15) is 24.2 Å². The van der Waals surface area contributed by atoms with Crippen LogP contribution in [0.2, 0.25) is 5.02 Å². The zero-order valence-corrected chi connectivity index (χ0v) is 12.5. The fourth-order valence-corrected chi connectivity index (χ4v) is 2.13. The monoisotopic (exact) mass is 310 g/mol. The van der Waals surface area contributed by atoms with Crippen LogP contribution in [0.15, 0.2) is 36.4 Å². The van der Waals surface area contributed by atoms with Crippen molar-refractivity contribution in [2.75, 3.05) is 7.11 Å². The molecule has 1 unspecified atom stereocenters. The van der Waals surface area contributed by atoms with E-state index in [2.05, 4.69) is 0 Å². The summed E-state index contributed by atoms with van der Waals surface area (Å²) in [7, 11) is 1.55. The zero-order valence-electron chi connectivity index (χ0n) is 11.8. The van der Waals surface area contributed by atoms with Crippen LogP contribution < -0.4 is 9.47 Å². The molecule has 0 spiro atoms. The van der Waals surface area contributed by atoms with E-state index in [0.717, 1.165) is 0 Å². The second kappa shape index (κ2) is 6.78. The fourth-order valence-electron chi connectivity index (χ4n) is 1.91. The molecule has 0 radical (unpaired) electrons. The first-order valence-electron chi connectivity index (χ1n) is 6.44. The van der Waals surface area contributed by atoms with Crippen LogP contribution in [0.3, 0.4) is 0 Å². The van der Waals surface area contributed by atoms with Gasteiger partial charge < -0.3 is 14.6 Å². The summed E-state index contributed by atoms with van der Waals surface area (Å²) in [6, 6.07) is 9.32. The Morgan fingerprint density at radius 3 is 2.62 bits per heavy atom. The Morgan fingerprint density at radius 2 is 2.00 bits per heavy atom. The Kier molecular flexibility index (Phi) is 5.04. The molecule has 0 aliphatic rings. The Bertz CT molecular complexity index is 629. The van der Waals surface area contributed by atoms with Crippen molar-refractivity contribution in [1.82, 2.24) is 0 Å². The Labute approximate surface area is 127 Å². The van der Waals surface area contributed by atoms with Crippen LogP contribution in [0.5, 0.6) is 11.5 Å². The summed E-state index contributed by atoms with van der Waals surface area (Å²) >= 11 is 5.96. The molecule has 0 amide bonds. The van der Waals surface area contributed by atoms with Crippen molar-refractivity contribution in [2.45, 2.75) is 19.6 Å². The summed E-state index contributed by atoms with van der Waals surface area (Å²) < 4.78 is 23.8. The Balaban J connectivity index is 2.22. The third-order valence-corrected chi connectivity index (χ3v) is 3.42. The standard InChI is InChI=1S/C16H16ClFO3/c1-10(19)14-6-5-13(20-2)8-16(14)21-9-11-3-4-12(18)7-15(11)17/h3-8,10,19H,9H2,1-2H3. The maximum absolute atomic E-state index is 13.0. The highest BCUT2D eigenvalue weighted by atomic mass is 35.5. The van der Waals surface area contributed by atoms with Crippen LogP contribution >= 0.6 is 11.6 Å². The number of rotatable bonds is 5. The second-order valence-corrected chi connectivity index (χ2v) is 5.01. The van der Waals surface area contributed by atoms with Gasteiger partial charge in [-0.2, -0.15) is 0 Å². The van der Waals surface area contributed by atoms with Crippen molar-refractivity contribution in [1.29, 1.82) is 0 Å². The van der Waals surface area contributed by atoms with E-state index in [1.807, 2.05) is 0 Å². The molecular formula is C16H16ClFO3. The van der Waals surface area contributed by atoms with Crippen LogP contribution in [-0.2, 0) is 6.61 Å². The number of benzene rings is 2. The summed E-state index contributed by atoms with van der Waals surface area (Å²) in [5.41, 5.74) is 1.31. The number of hydrogen-bond donors (Lipinski definition) is 1. The number of aliphatic hydroxyl groups excluding tert-OH is 1. The van der Waals surface area contributed by atoms with Crippen LogP contribution in [0.4, 0.5) is 4.39 Å². The molecule has 2 aromatic rings. The summed E-state index contributed by atoms with van der Waals surface area (Å²) in [5, 5.41) is 10.1. The van der Waals surface area contributed by atoms with Gasteiger partial charge in [-0.15, -0.1) is 0 Å². The lowest BCUT2D eigenvalue weighted by atomic mass is 10.1. The molecule has 3 nitrogen and oxygen atoms in total. The number of methoxy groups -OCH3 is 1. The van der Waals surface area contributed by atoms with Gasteiger partial charge in [-0.1, -0.05) is 17.7 Å². The average molecular weight is 311 g/mol. The van der Waals surface area contributed by atoms with E-state index in [0.29, 0.717) is 27.6 Å². The SMILES string of the molecule is COc1ccc(C(C)O)c(OCc2ccc(F)cc2Cl)c1. The first-order chi connectivity index (χ1) is 10.0. The molecule has 0 aliphatic carbocycles. The third-order valence-electron chi connectivity index (χ3n) is 3.07. The molecular weight excluding hydrogens is 295 g/mol. The predicted octanol–water partition coefficient (Wildman–Crippen LogP) is 4.12. The maximum Gasteiger partial charge on any atom is 0.129 e. The highest BCUT2D eigenvalue weighted by Gasteiger charge is 2.12. The van der Waals surface area contributed by atoms with Crippen molar-refractivity contribution >= 4 is 11.6 Å². The number of hydrogen-bond acceptors (Lipinski definition) is 3. The van der Waals surface area contributed by atoms with E-state index in [1.165, 1.54) is 12.1 Å². The molecule has 2 rings (SSSR count). The van der Waals surface area contributed by atoms with Gasteiger partial charge in [0.05, 0.1) is 18.2 Å². The van der Waals surface area contributed by atoms with Crippen LogP contribution in [0, 0.1) is 5.82 Å². The van der Waals surface area contributed by atoms with Gasteiger partial charge in [-0.3, -0.25) is 0 Å². The molecule has 5 heteroatoms.